The Bertz CT molecular complexity index is 659. The van der Waals surface area contributed by atoms with E-state index in [9.17, 15) is 4.79 Å². The molecule has 0 aliphatic carbocycles. The van der Waals surface area contributed by atoms with Crippen LogP contribution in [-0.4, -0.2) is 5.91 Å². The fourth-order valence-corrected chi connectivity index (χ4v) is 2.11. The van der Waals surface area contributed by atoms with Gasteiger partial charge in [0.1, 0.15) is 0 Å². The number of halogens is 2. The Morgan fingerprint density at radius 3 is 2.60 bits per heavy atom. The van der Waals surface area contributed by atoms with Gasteiger partial charge in [-0.1, -0.05) is 29.3 Å². The lowest BCUT2D eigenvalue weighted by atomic mass is 10.1. The van der Waals surface area contributed by atoms with Crippen LogP contribution in [0.2, 0.25) is 10.0 Å². The second-order valence-corrected chi connectivity index (χ2v) is 5.04. The summed E-state index contributed by atoms with van der Waals surface area (Å²) in [6.07, 6.45) is 0. The van der Waals surface area contributed by atoms with Gasteiger partial charge in [0, 0.05) is 15.7 Å². The highest BCUT2D eigenvalue weighted by Gasteiger charge is 2.13. The average molecular weight is 310 g/mol. The molecule has 4 N–H and O–H groups in total. The third-order valence-corrected chi connectivity index (χ3v) is 3.54. The van der Waals surface area contributed by atoms with Crippen molar-refractivity contribution in [2.24, 2.45) is 5.84 Å². The molecule has 0 saturated carbocycles. The topological polar surface area (TPSA) is 67.2 Å². The van der Waals surface area contributed by atoms with Crippen LogP contribution < -0.4 is 16.6 Å². The highest BCUT2D eigenvalue weighted by molar-refractivity contribution is 6.32. The summed E-state index contributed by atoms with van der Waals surface area (Å²) in [6, 6.07) is 10.1. The molecule has 0 aromatic heterocycles. The number of hydrazine groups is 1. The van der Waals surface area contributed by atoms with Crippen molar-refractivity contribution < 1.29 is 4.79 Å². The van der Waals surface area contributed by atoms with Gasteiger partial charge in [-0.25, -0.2) is 0 Å². The van der Waals surface area contributed by atoms with Crippen LogP contribution in [0.1, 0.15) is 15.9 Å². The quantitative estimate of drug-likeness (QED) is 0.596. The smallest absolute Gasteiger partial charge is 0.257 e. The molecule has 2 aromatic rings. The standard InChI is InChI=1S/C14H13Cl2N3O/c1-8-11(16)3-2-4-12(8)18-14(20)10-7-9(15)5-6-13(10)19-17/h2-7,19H,17H2,1H3,(H,18,20). The monoisotopic (exact) mass is 309 g/mol. The van der Waals surface area contributed by atoms with E-state index in [0.29, 0.717) is 27.0 Å². The highest BCUT2D eigenvalue weighted by Crippen LogP contribution is 2.25. The molecule has 0 bridgehead atoms. The van der Waals surface area contributed by atoms with Crippen LogP contribution in [0.5, 0.6) is 0 Å². The van der Waals surface area contributed by atoms with Gasteiger partial charge in [-0.15, -0.1) is 0 Å². The van der Waals surface area contributed by atoms with Crippen LogP contribution >= 0.6 is 23.2 Å². The molecule has 6 heteroatoms. The molecule has 0 atom stereocenters. The van der Waals surface area contributed by atoms with E-state index in [0.717, 1.165) is 5.56 Å². The number of amides is 1. The molecular weight excluding hydrogens is 297 g/mol. The molecule has 0 fully saturated rings. The van der Waals surface area contributed by atoms with E-state index in [2.05, 4.69) is 10.7 Å². The molecule has 0 heterocycles. The maximum Gasteiger partial charge on any atom is 0.257 e. The van der Waals surface area contributed by atoms with E-state index >= 15 is 0 Å². The Morgan fingerprint density at radius 2 is 1.90 bits per heavy atom. The Hall–Kier alpha value is -1.75. The summed E-state index contributed by atoms with van der Waals surface area (Å²) < 4.78 is 0. The normalized spacial score (nSPS) is 10.2. The third kappa shape index (κ3) is 3.04. The first-order valence-corrected chi connectivity index (χ1v) is 6.61. The third-order valence-electron chi connectivity index (χ3n) is 2.90. The van der Waals surface area contributed by atoms with Gasteiger partial charge in [0.15, 0.2) is 0 Å². The molecule has 2 aromatic carbocycles. The Morgan fingerprint density at radius 1 is 1.15 bits per heavy atom. The number of carbonyl (C=O) groups excluding carboxylic acids is 1. The van der Waals surface area contributed by atoms with Crippen molar-refractivity contribution in [1.29, 1.82) is 0 Å². The predicted octanol–water partition coefficient (Wildman–Crippen LogP) is 3.84. The number of nitrogens with two attached hydrogens (primary N) is 1. The van der Waals surface area contributed by atoms with Crippen molar-refractivity contribution in [2.45, 2.75) is 6.92 Å². The number of benzene rings is 2. The summed E-state index contributed by atoms with van der Waals surface area (Å²) in [5.41, 5.74) is 4.76. The minimum atomic E-state index is -0.314. The number of nitrogens with one attached hydrogen (secondary N) is 2. The fraction of sp³-hybridized carbons (Fsp3) is 0.0714. The van der Waals surface area contributed by atoms with Crippen molar-refractivity contribution in [2.75, 3.05) is 10.7 Å². The van der Waals surface area contributed by atoms with E-state index < -0.39 is 0 Å². The Kier molecular flexibility index (Phi) is 4.49. The first-order valence-electron chi connectivity index (χ1n) is 5.85. The molecule has 0 unspecified atom stereocenters. The van der Waals surface area contributed by atoms with Crippen molar-refractivity contribution in [3.8, 4) is 0 Å². The largest absolute Gasteiger partial charge is 0.323 e. The van der Waals surface area contributed by atoms with Crippen molar-refractivity contribution >= 4 is 40.5 Å². The SMILES string of the molecule is Cc1c(Cl)cccc1NC(=O)c1cc(Cl)ccc1NN. The van der Waals surface area contributed by atoms with Gasteiger partial charge in [-0.05, 0) is 42.8 Å². The number of nitrogen functional groups attached to an aromatic ring is 1. The summed E-state index contributed by atoms with van der Waals surface area (Å²) >= 11 is 11.9. The van der Waals surface area contributed by atoms with Crippen LogP contribution in [0.15, 0.2) is 36.4 Å². The van der Waals surface area contributed by atoms with Gasteiger partial charge in [-0.2, -0.15) is 0 Å². The molecule has 0 spiro atoms. The van der Waals surface area contributed by atoms with E-state index in [-0.39, 0.29) is 5.91 Å². The van der Waals surface area contributed by atoms with E-state index in [1.54, 1.807) is 36.4 Å². The summed E-state index contributed by atoms with van der Waals surface area (Å²) in [5, 5.41) is 3.84. The van der Waals surface area contributed by atoms with E-state index in [1.165, 1.54) is 0 Å². The number of hydrogen-bond acceptors (Lipinski definition) is 3. The second-order valence-electron chi connectivity index (χ2n) is 4.20. The van der Waals surface area contributed by atoms with Gasteiger partial charge in [0.25, 0.3) is 5.91 Å². The van der Waals surface area contributed by atoms with E-state index in [1.807, 2.05) is 6.92 Å². The Balaban J connectivity index is 2.33. The summed E-state index contributed by atoms with van der Waals surface area (Å²) in [5.74, 6) is 5.08. The maximum atomic E-state index is 12.3. The lowest BCUT2D eigenvalue weighted by molar-refractivity contribution is 0.102. The number of hydrogen-bond donors (Lipinski definition) is 3. The van der Waals surface area contributed by atoms with Gasteiger partial charge >= 0.3 is 0 Å². The van der Waals surface area contributed by atoms with Gasteiger partial charge in [0.2, 0.25) is 0 Å². The molecule has 104 valence electrons. The molecule has 1 amide bonds. The van der Waals surface area contributed by atoms with Gasteiger partial charge < -0.3 is 10.7 Å². The minimum Gasteiger partial charge on any atom is -0.323 e. The summed E-state index contributed by atoms with van der Waals surface area (Å²) in [7, 11) is 0. The fourth-order valence-electron chi connectivity index (χ4n) is 1.76. The van der Waals surface area contributed by atoms with E-state index in [4.69, 9.17) is 29.0 Å². The molecular formula is C14H13Cl2N3O. The van der Waals surface area contributed by atoms with Gasteiger partial charge in [-0.3, -0.25) is 10.6 Å². The predicted molar refractivity (Wildman–Crippen MR) is 83.4 cm³/mol. The molecule has 0 aliphatic rings. The molecule has 0 radical (unpaired) electrons. The van der Waals surface area contributed by atoms with Crippen LogP contribution in [0.3, 0.4) is 0 Å². The molecule has 0 saturated heterocycles. The lowest BCUT2D eigenvalue weighted by Gasteiger charge is -2.12. The summed E-state index contributed by atoms with van der Waals surface area (Å²) in [4.78, 5) is 12.3. The zero-order valence-electron chi connectivity index (χ0n) is 10.7. The number of rotatable bonds is 3. The minimum absolute atomic E-state index is 0.314. The molecule has 2 rings (SSSR count). The van der Waals surface area contributed by atoms with Crippen molar-refractivity contribution in [1.82, 2.24) is 0 Å². The number of anilines is 2. The second kappa shape index (κ2) is 6.13. The average Bonchev–Trinajstić information content (AvgIpc) is 2.43. The van der Waals surface area contributed by atoms with Crippen LogP contribution in [0.25, 0.3) is 0 Å². The molecule has 20 heavy (non-hydrogen) atoms. The van der Waals surface area contributed by atoms with Crippen LogP contribution in [-0.2, 0) is 0 Å². The molecule has 0 aliphatic heterocycles. The maximum absolute atomic E-state index is 12.3. The zero-order valence-corrected chi connectivity index (χ0v) is 12.2. The van der Waals surface area contributed by atoms with Gasteiger partial charge in [0.05, 0.1) is 11.3 Å². The van der Waals surface area contributed by atoms with Crippen molar-refractivity contribution in [3.63, 3.8) is 0 Å². The zero-order chi connectivity index (χ0) is 14.7. The first-order chi connectivity index (χ1) is 9.52. The van der Waals surface area contributed by atoms with Crippen LogP contribution in [0, 0.1) is 6.92 Å². The summed E-state index contributed by atoms with van der Waals surface area (Å²) in [6.45, 7) is 1.83. The first kappa shape index (κ1) is 14.7. The number of carbonyl (C=O) groups is 1. The lowest BCUT2D eigenvalue weighted by Crippen LogP contribution is -2.17. The molecule has 4 nitrogen and oxygen atoms in total. The van der Waals surface area contributed by atoms with Crippen molar-refractivity contribution in [3.05, 3.63) is 57.6 Å². The highest BCUT2D eigenvalue weighted by atomic mass is 35.5. The van der Waals surface area contributed by atoms with Crippen LogP contribution in [0.4, 0.5) is 11.4 Å². The Labute approximate surface area is 126 Å².